The van der Waals surface area contributed by atoms with Gasteiger partial charge in [0.1, 0.15) is 23.7 Å². The molecule has 0 N–H and O–H groups in total. The minimum Gasteiger partial charge on any atom is -0.487 e. The van der Waals surface area contributed by atoms with Crippen molar-refractivity contribution in [2.45, 2.75) is 33.3 Å². The first-order chi connectivity index (χ1) is 12.6. The maximum Gasteiger partial charge on any atom is 0.175 e. The summed E-state index contributed by atoms with van der Waals surface area (Å²) in [6.07, 6.45) is 1.50. The van der Waals surface area contributed by atoms with Crippen molar-refractivity contribution in [2.75, 3.05) is 13.2 Å². The minimum atomic E-state index is -0.256. The van der Waals surface area contributed by atoms with Crippen LogP contribution in [0.15, 0.2) is 36.5 Å². The van der Waals surface area contributed by atoms with Crippen LogP contribution < -0.4 is 4.74 Å². The largest absolute Gasteiger partial charge is 0.487 e. The van der Waals surface area contributed by atoms with Gasteiger partial charge in [-0.15, -0.1) is 12.4 Å². The SMILES string of the molecule is Cc1c(C)n(CC2OCCO2)c2c(OCc3ccc(F)cc3)ccnc12.Cl. The third-order valence-corrected chi connectivity index (χ3v) is 4.79. The van der Waals surface area contributed by atoms with Crippen LogP contribution in [0.5, 0.6) is 5.75 Å². The predicted octanol–water partition coefficient (Wildman–Crippen LogP) is 4.17. The van der Waals surface area contributed by atoms with Crippen molar-refractivity contribution in [3.8, 4) is 5.75 Å². The topological polar surface area (TPSA) is 45.5 Å². The lowest BCUT2D eigenvalue weighted by molar-refractivity contribution is -0.0520. The van der Waals surface area contributed by atoms with Crippen molar-refractivity contribution in [3.05, 3.63) is 59.2 Å². The molecule has 0 bridgehead atoms. The van der Waals surface area contributed by atoms with Crippen LogP contribution in [0.3, 0.4) is 0 Å². The Labute approximate surface area is 163 Å². The number of hydrogen-bond donors (Lipinski definition) is 0. The highest BCUT2D eigenvalue weighted by atomic mass is 35.5. The second-order valence-corrected chi connectivity index (χ2v) is 6.41. The first-order valence-corrected chi connectivity index (χ1v) is 8.68. The highest BCUT2D eigenvalue weighted by molar-refractivity contribution is 5.86. The number of halogens is 2. The lowest BCUT2D eigenvalue weighted by atomic mass is 10.2. The van der Waals surface area contributed by atoms with Crippen molar-refractivity contribution < 1.29 is 18.6 Å². The van der Waals surface area contributed by atoms with Crippen molar-refractivity contribution >= 4 is 23.4 Å². The Morgan fingerprint density at radius 2 is 1.85 bits per heavy atom. The first-order valence-electron chi connectivity index (χ1n) is 8.68. The zero-order valence-corrected chi connectivity index (χ0v) is 16.1. The normalized spacial score (nSPS) is 14.5. The number of aryl methyl sites for hydroxylation is 1. The van der Waals surface area contributed by atoms with Crippen LogP contribution in [0.4, 0.5) is 4.39 Å². The summed E-state index contributed by atoms with van der Waals surface area (Å²) in [6, 6.07) is 8.18. The second kappa shape index (κ2) is 8.25. The molecule has 0 radical (unpaired) electrons. The molecule has 1 aliphatic rings. The Bertz CT molecular complexity index is 921. The summed E-state index contributed by atoms with van der Waals surface area (Å²) in [6.45, 7) is 6.31. The van der Waals surface area contributed by atoms with Gasteiger partial charge in [0, 0.05) is 18.0 Å². The van der Waals surface area contributed by atoms with Crippen LogP contribution in [0.25, 0.3) is 11.0 Å². The molecule has 4 rings (SSSR count). The van der Waals surface area contributed by atoms with E-state index in [0.717, 1.165) is 33.6 Å². The summed E-state index contributed by atoms with van der Waals surface area (Å²) in [5, 5.41) is 0. The van der Waals surface area contributed by atoms with E-state index in [2.05, 4.69) is 23.4 Å². The summed E-state index contributed by atoms with van der Waals surface area (Å²) in [7, 11) is 0. The molecule has 0 spiro atoms. The van der Waals surface area contributed by atoms with Gasteiger partial charge in [0.2, 0.25) is 0 Å². The van der Waals surface area contributed by atoms with Crippen LogP contribution in [0.1, 0.15) is 16.8 Å². The number of rotatable bonds is 5. The molecule has 3 aromatic rings. The zero-order chi connectivity index (χ0) is 18.1. The Balaban J connectivity index is 0.00000210. The predicted molar refractivity (Wildman–Crippen MR) is 103 cm³/mol. The maximum atomic E-state index is 13.1. The van der Waals surface area contributed by atoms with Crippen LogP contribution >= 0.6 is 12.4 Å². The molecule has 7 heteroatoms. The molecule has 0 saturated carbocycles. The molecular formula is C20H22ClFN2O3. The molecule has 27 heavy (non-hydrogen) atoms. The molecule has 2 aromatic heterocycles. The van der Waals surface area contributed by atoms with E-state index in [1.807, 2.05) is 6.07 Å². The van der Waals surface area contributed by atoms with Crippen molar-refractivity contribution in [1.29, 1.82) is 0 Å². The van der Waals surface area contributed by atoms with E-state index in [9.17, 15) is 4.39 Å². The quantitative estimate of drug-likeness (QED) is 0.654. The summed E-state index contributed by atoms with van der Waals surface area (Å²) < 4.78 is 32.5. The standard InChI is InChI=1S/C20H21FN2O3.ClH/c1-13-14(2)23(11-18-24-9-10-25-18)20-17(7-8-22-19(13)20)26-12-15-3-5-16(21)6-4-15;/h3-8,18H,9-12H2,1-2H3;1H. The summed E-state index contributed by atoms with van der Waals surface area (Å²) in [5.74, 6) is 0.491. The molecule has 1 saturated heterocycles. The van der Waals surface area contributed by atoms with Crippen LogP contribution in [-0.4, -0.2) is 29.1 Å². The minimum absolute atomic E-state index is 0. The van der Waals surface area contributed by atoms with Crippen molar-refractivity contribution in [2.24, 2.45) is 0 Å². The van der Waals surface area contributed by atoms with Gasteiger partial charge in [-0.1, -0.05) is 12.1 Å². The van der Waals surface area contributed by atoms with Gasteiger partial charge in [0.15, 0.2) is 6.29 Å². The van der Waals surface area contributed by atoms with E-state index in [0.29, 0.717) is 26.4 Å². The van der Waals surface area contributed by atoms with E-state index >= 15 is 0 Å². The number of nitrogens with zero attached hydrogens (tertiary/aromatic N) is 2. The summed E-state index contributed by atoms with van der Waals surface area (Å²) >= 11 is 0. The van der Waals surface area contributed by atoms with E-state index in [1.54, 1.807) is 18.3 Å². The molecule has 1 fully saturated rings. The molecule has 0 atom stereocenters. The van der Waals surface area contributed by atoms with Crippen molar-refractivity contribution in [1.82, 2.24) is 9.55 Å². The van der Waals surface area contributed by atoms with Gasteiger partial charge < -0.3 is 18.8 Å². The van der Waals surface area contributed by atoms with Gasteiger partial charge in [-0.3, -0.25) is 4.98 Å². The molecule has 1 aliphatic heterocycles. The van der Waals surface area contributed by atoms with Gasteiger partial charge in [-0.2, -0.15) is 0 Å². The molecule has 1 aromatic carbocycles. The fraction of sp³-hybridized carbons (Fsp3) is 0.350. The van der Waals surface area contributed by atoms with Gasteiger partial charge in [0.25, 0.3) is 0 Å². The fourth-order valence-electron chi connectivity index (χ4n) is 3.26. The molecule has 3 heterocycles. The van der Waals surface area contributed by atoms with E-state index in [4.69, 9.17) is 14.2 Å². The number of aromatic nitrogens is 2. The lowest BCUT2D eigenvalue weighted by Gasteiger charge is -2.15. The Morgan fingerprint density at radius 1 is 1.15 bits per heavy atom. The van der Waals surface area contributed by atoms with Crippen LogP contribution in [0, 0.1) is 19.7 Å². The van der Waals surface area contributed by atoms with Gasteiger partial charge in [0.05, 0.1) is 25.3 Å². The average Bonchev–Trinajstić information content (AvgIpc) is 3.25. The molecule has 5 nitrogen and oxygen atoms in total. The first kappa shape index (κ1) is 19.6. The van der Waals surface area contributed by atoms with Gasteiger partial charge >= 0.3 is 0 Å². The van der Waals surface area contributed by atoms with Crippen molar-refractivity contribution in [3.63, 3.8) is 0 Å². The van der Waals surface area contributed by atoms with E-state index in [1.165, 1.54) is 12.1 Å². The molecule has 0 amide bonds. The zero-order valence-electron chi connectivity index (χ0n) is 15.3. The van der Waals surface area contributed by atoms with E-state index < -0.39 is 0 Å². The number of hydrogen-bond acceptors (Lipinski definition) is 4. The van der Waals surface area contributed by atoms with Crippen LogP contribution in [0.2, 0.25) is 0 Å². The second-order valence-electron chi connectivity index (χ2n) is 6.41. The monoisotopic (exact) mass is 392 g/mol. The number of ether oxygens (including phenoxy) is 3. The average molecular weight is 393 g/mol. The van der Waals surface area contributed by atoms with Gasteiger partial charge in [-0.05, 0) is 37.1 Å². The van der Waals surface area contributed by atoms with Crippen LogP contribution in [-0.2, 0) is 22.6 Å². The summed E-state index contributed by atoms with van der Waals surface area (Å²) in [5.41, 5.74) is 4.99. The third-order valence-electron chi connectivity index (χ3n) is 4.79. The third kappa shape index (κ3) is 3.93. The number of benzene rings is 1. The van der Waals surface area contributed by atoms with E-state index in [-0.39, 0.29) is 24.5 Å². The van der Waals surface area contributed by atoms with Gasteiger partial charge in [-0.25, -0.2) is 4.39 Å². The smallest absolute Gasteiger partial charge is 0.175 e. The maximum absolute atomic E-state index is 13.1. The Morgan fingerprint density at radius 3 is 2.56 bits per heavy atom. The Kier molecular flexibility index (Phi) is 5.99. The molecular weight excluding hydrogens is 371 g/mol. The number of fused-ring (bicyclic) bond motifs is 1. The Hall–Kier alpha value is -2.15. The highest BCUT2D eigenvalue weighted by Gasteiger charge is 2.22. The molecule has 144 valence electrons. The summed E-state index contributed by atoms with van der Waals surface area (Å²) in [4.78, 5) is 4.53. The highest BCUT2D eigenvalue weighted by Crippen LogP contribution is 2.32. The molecule has 0 aliphatic carbocycles. The fourth-order valence-corrected chi connectivity index (χ4v) is 3.26. The molecule has 0 unspecified atom stereocenters. The number of pyridine rings is 1. The lowest BCUT2D eigenvalue weighted by Crippen LogP contribution is -2.18.